The van der Waals surface area contributed by atoms with Crippen molar-refractivity contribution in [1.29, 1.82) is 0 Å². The number of unbranched alkanes of at least 4 members (excludes halogenated alkanes) is 13. The number of carbonyl (C=O) groups excluding carboxylic acids is 3. The molecule has 0 aromatic heterocycles. The Bertz CT molecular complexity index is 960. The van der Waals surface area contributed by atoms with Crippen molar-refractivity contribution in [3.05, 3.63) is 0 Å². The molecule has 0 aliphatic rings. The fourth-order valence-corrected chi connectivity index (χ4v) is 4.47. The molecule has 0 aliphatic carbocycles. The van der Waals surface area contributed by atoms with Gasteiger partial charge in [0, 0.05) is 19.3 Å². The molecule has 0 N–H and O–H groups in total. The number of phosphoric ester groups is 1. The van der Waals surface area contributed by atoms with Crippen LogP contribution in [0.1, 0.15) is 128 Å². The first-order chi connectivity index (χ1) is 22.7. The van der Waals surface area contributed by atoms with Crippen LogP contribution in [0, 0.1) is 0 Å². The Morgan fingerprint density at radius 2 is 1.38 bits per heavy atom. The smallest absolute Gasteiger partial charge is 0.306 e. The standard InChI is InChI=1S/C29H56NO9P/c1-5-6-7-8-9-10-11-12-13-14-15-16-17-20-28(32)36-25-27(39-29(33)21-18-19-23-31)26-38-40(34,35)37-24-22-30(2,3)4/h23,27H,5-22,24-26H2,1-4H3/t27-/m1/s1/i2D3,3D3,4D3. The predicted molar refractivity (Wildman–Crippen MR) is 153 cm³/mol. The van der Waals surface area contributed by atoms with Gasteiger partial charge in [-0.1, -0.05) is 84.0 Å². The van der Waals surface area contributed by atoms with E-state index in [-0.39, 0.29) is 25.7 Å². The van der Waals surface area contributed by atoms with E-state index in [0.717, 1.165) is 25.7 Å². The van der Waals surface area contributed by atoms with Gasteiger partial charge in [-0.05, 0) is 12.8 Å². The fraction of sp³-hybridized carbons (Fsp3) is 0.897. The number of likely N-dealkylation sites (N-methyl/N-ethyl adjacent to an activating group) is 1. The lowest BCUT2D eigenvalue weighted by atomic mass is 10.0. The summed E-state index contributed by atoms with van der Waals surface area (Å²) in [5.41, 5.74) is 0. The third-order valence-electron chi connectivity index (χ3n) is 6.01. The van der Waals surface area contributed by atoms with E-state index in [1.807, 2.05) is 0 Å². The summed E-state index contributed by atoms with van der Waals surface area (Å²) in [6.07, 6.45) is 14.1. The maximum absolute atomic E-state index is 12.4. The number of rotatable bonds is 28. The molecule has 0 rings (SSSR count). The Morgan fingerprint density at radius 1 is 0.825 bits per heavy atom. The van der Waals surface area contributed by atoms with Crippen molar-refractivity contribution in [2.24, 2.45) is 0 Å². The average molecular weight is 603 g/mol. The number of phosphoric acid groups is 1. The average Bonchev–Trinajstić information content (AvgIpc) is 2.97. The van der Waals surface area contributed by atoms with Crippen LogP contribution < -0.4 is 4.89 Å². The number of nitrogens with zero attached hydrogens (tertiary/aromatic N) is 1. The fourth-order valence-electron chi connectivity index (χ4n) is 3.74. The topological polar surface area (TPSA) is 128 Å². The van der Waals surface area contributed by atoms with Crippen LogP contribution >= 0.6 is 7.82 Å². The molecule has 2 atom stereocenters. The molecule has 0 aromatic rings. The second kappa shape index (κ2) is 24.3. The Kier molecular flexibility index (Phi) is 15.3. The number of ether oxygens (including phenoxy) is 2. The second-order valence-electron chi connectivity index (χ2n) is 9.96. The lowest BCUT2D eigenvalue weighted by Crippen LogP contribution is -2.37. The molecule has 11 heteroatoms. The van der Waals surface area contributed by atoms with E-state index >= 15 is 0 Å². The molecule has 1 unspecified atom stereocenters. The van der Waals surface area contributed by atoms with Gasteiger partial charge in [0.25, 0.3) is 7.82 Å². The molecule has 0 aliphatic heterocycles. The number of carbonyl (C=O) groups is 3. The van der Waals surface area contributed by atoms with E-state index in [9.17, 15) is 23.8 Å². The molecule has 0 saturated carbocycles. The second-order valence-corrected chi connectivity index (χ2v) is 11.4. The van der Waals surface area contributed by atoms with Crippen molar-refractivity contribution >= 4 is 26.0 Å². The van der Waals surface area contributed by atoms with E-state index in [1.54, 1.807) is 0 Å². The number of hydrogen-bond donors (Lipinski definition) is 0. The van der Waals surface area contributed by atoms with Crippen molar-refractivity contribution in [3.63, 3.8) is 0 Å². The summed E-state index contributed by atoms with van der Waals surface area (Å²) in [4.78, 5) is 47.5. The predicted octanol–water partition coefficient (Wildman–Crippen LogP) is 5.50. The van der Waals surface area contributed by atoms with E-state index < -0.39 is 77.6 Å². The molecule has 236 valence electrons. The number of aldehydes is 1. The van der Waals surface area contributed by atoms with Crippen LogP contribution in [0.15, 0.2) is 0 Å². The molecule has 0 radical (unpaired) electrons. The van der Waals surface area contributed by atoms with Gasteiger partial charge in [-0.2, -0.15) is 0 Å². The first kappa shape index (κ1) is 25.2. The van der Waals surface area contributed by atoms with Gasteiger partial charge in [0.1, 0.15) is 26.0 Å². The third kappa shape index (κ3) is 26.9. The third-order valence-corrected chi connectivity index (χ3v) is 6.97. The van der Waals surface area contributed by atoms with E-state index in [4.69, 9.17) is 26.3 Å². The lowest BCUT2D eigenvalue weighted by molar-refractivity contribution is -0.870. The van der Waals surface area contributed by atoms with Gasteiger partial charge < -0.3 is 32.7 Å². The molecular formula is C29H56NO9P. The number of quaternary nitrogens is 1. The van der Waals surface area contributed by atoms with Gasteiger partial charge in [0.05, 0.1) is 39.9 Å². The molecule has 0 bridgehead atoms. The van der Waals surface area contributed by atoms with E-state index in [2.05, 4.69) is 11.4 Å². The highest BCUT2D eigenvalue weighted by Gasteiger charge is 2.21. The maximum atomic E-state index is 12.4. The summed E-state index contributed by atoms with van der Waals surface area (Å²) < 4.78 is 97.9. The minimum absolute atomic E-state index is 0.0801. The van der Waals surface area contributed by atoms with Crippen LogP contribution in [-0.4, -0.2) is 76.1 Å². The SMILES string of the molecule is [2H]C([2H])([2H])[N+](CCOP(=O)([O-])OC[C@@H](COC(=O)CCCCCCCCCCCCCCC)OC(=O)CCCC=O)(C([2H])([2H])[2H])C([2H])([2H])[2H]. The van der Waals surface area contributed by atoms with Gasteiger partial charge in [-0.15, -0.1) is 0 Å². The van der Waals surface area contributed by atoms with Crippen LogP contribution in [-0.2, 0) is 37.5 Å². The Balaban J connectivity index is 4.91. The van der Waals surface area contributed by atoms with Crippen molar-refractivity contribution in [3.8, 4) is 0 Å². The summed E-state index contributed by atoms with van der Waals surface area (Å²) in [5.74, 6) is -1.42. The van der Waals surface area contributed by atoms with Gasteiger partial charge >= 0.3 is 11.9 Å². The summed E-state index contributed by atoms with van der Waals surface area (Å²) in [6.45, 7) is -12.5. The maximum Gasteiger partial charge on any atom is 0.306 e. The minimum atomic E-state index is -5.34. The van der Waals surface area contributed by atoms with Crippen molar-refractivity contribution in [2.45, 2.75) is 122 Å². The first-order valence-electron chi connectivity index (χ1n) is 19.0. The van der Waals surface area contributed by atoms with Crippen LogP contribution in [0.3, 0.4) is 0 Å². The van der Waals surface area contributed by atoms with Gasteiger partial charge in [0.2, 0.25) is 0 Å². The highest BCUT2D eigenvalue weighted by atomic mass is 31.2. The molecule has 40 heavy (non-hydrogen) atoms. The highest BCUT2D eigenvalue weighted by molar-refractivity contribution is 7.45. The summed E-state index contributed by atoms with van der Waals surface area (Å²) >= 11 is 0. The number of hydrogen-bond acceptors (Lipinski definition) is 9. The summed E-state index contributed by atoms with van der Waals surface area (Å²) in [6, 6.07) is 0. The zero-order valence-corrected chi connectivity index (χ0v) is 25.0. The molecule has 0 saturated heterocycles. The molecule has 10 nitrogen and oxygen atoms in total. The minimum Gasteiger partial charge on any atom is -0.756 e. The molecule has 0 aromatic carbocycles. The van der Waals surface area contributed by atoms with Crippen molar-refractivity contribution in [2.75, 3.05) is 47.3 Å². The molecule has 0 heterocycles. The molecular weight excluding hydrogens is 537 g/mol. The van der Waals surface area contributed by atoms with Crippen molar-refractivity contribution < 1.29 is 59.2 Å². The summed E-state index contributed by atoms with van der Waals surface area (Å²) in [7, 11) is -5.34. The van der Waals surface area contributed by atoms with Gasteiger partial charge in [0.15, 0.2) is 6.10 Å². The number of esters is 2. The van der Waals surface area contributed by atoms with Gasteiger partial charge in [-0.25, -0.2) is 0 Å². The Labute approximate surface area is 255 Å². The highest BCUT2D eigenvalue weighted by Crippen LogP contribution is 2.38. The molecule has 0 spiro atoms. The zero-order chi connectivity index (χ0) is 37.6. The Hall–Kier alpha value is -1.32. The lowest BCUT2D eigenvalue weighted by Gasteiger charge is -2.28. The normalized spacial score (nSPS) is 18.2. The van der Waals surface area contributed by atoms with Crippen LogP contribution in [0.2, 0.25) is 0 Å². The van der Waals surface area contributed by atoms with Crippen molar-refractivity contribution in [1.82, 2.24) is 0 Å². The monoisotopic (exact) mass is 602 g/mol. The van der Waals surface area contributed by atoms with E-state index in [0.29, 0.717) is 12.7 Å². The van der Waals surface area contributed by atoms with Gasteiger partial charge in [-0.3, -0.25) is 14.2 Å². The van der Waals surface area contributed by atoms with Crippen LogP contribution in [0.4, 0.5) is 0 Å². The van der Waals surface area contributed by atoms with Crippen LogP contribution in [0.25, 0.3) is 0 Å². The molecule has 0 amide bonds. The zero-order valence-electron chi connectivity index (χ0n) is 33.1. The van der Waals surface area contributed by atoms with Crippen LogP contribution in [0.5, 0.6) is 0 Å². The van der Waals surface area contributed by atoms with E-state index in [1.165, 1.54) is 51.4 Å². The first-order valence-corrected chi connectivity index (χ1v) is 16.0. The quantitative estimate of drug-likeness (QED) is 0.0375. The Morgan fingerprint density at radius 3 is 1.93 bits per heavy atom. The molecule has 0 fully saturated rings. The summed E-state index contributed by atoms with van der Waals surface area (Å²) in [5, 5.41) is 0. The largest absolute Gasteiger partial charge is 0.756 e.